The molecule has 3 rings (SSSR count). The Balaban J connectivity index is 1.55. The van der Waals surface area contributed by atoms with Gasteiger partial charge in [-0.3, -0.25) is 4.79 Å². The third-order valence-electron chi connectivity index (χ3n) is 4.78. The van der Waals surface area contributed by atoms with Gasteiger partial charge >= 0.3 is 0 Å². The fraction of sp³-hybridized carbons (Fsp3) is 0.350. The van der Waals surface area contributed by atoms with Gasteiger partial charge in [-0.25, -0.2) is 4.39 Å². The molecule has 0 aromatic heterocycles. The molecule has 0 atom stereocenters. The standard InChI is InChI=1S/C20H24FN3O2/c1-26-19-14-16(21)7-8-18(19)23-10-12-24(13-11-23)20(25)9-6-15-4-2-3-5-17(15)22/h2-5,7-8,14H,6,9-13,22H2,1H3. The maximum Gasteiger partial charge on any atom is 0.223 e. The van der Waals surface area contributed by atoms with E-state index in [1.165, 1.54) is 19.2 Å². The van der Waals surface area contributed by atoms with E-state index in [1.807, 2.05) is 29.2 Å². The second kappa shape index (κ2) is 8.08. The predicted molar refractivity (Wildman–Crippen MR) is 101 cm³/mol. The summed E-state index contributed by atoms with van der Waals surface area (Å²) in [6.07, 6.45) is 1.10. The first kappa shape index (κ1) is 18.0. The highest BCUT2D eigenvalue weighted by Crippen LogP contribution is 2.29. The van der Waals surface area contributed by atoms with E-state index in [1.54, 1.807) is 6.07 Å². The topological polar surface area (TPSA) is 58.8 Å². The number of carbonyl (C=O) groups excluding carboxylic acids is 1. The summed E-state index contributed by atoms with van der Waals surface area (Å²) in [5.74, 6) is 0.336. The molecule has 2 aromatic rings. The molecule has 0 bridgehead atoms. The molecule has 1 heterocycles. The number of amides is 1. The molecule has 2 aromatic carbocycles. The Labute approximate surface area is 153 Å². The van der Waals surface area contributed by atoms with Crippen LogP contribution in [0.15, 0.2) is 42.5 Å². The summed E-state index contributed by atoms with van der Waals surface area (Å²) in [7, 11) is 1.54. The number of hydrogen-bond donors (Lipinski definition) is 1. The number of ether oxygens (including phenoxy) is 1. The van der Waals surface area contributed by atoms with Crippen molar-refractivity contribution in [3.8, 4) is 5.75 Å². The molecule has 1 saturated heterocycles. The first-order valence-electron chi connectivity index (χ1n) is 8.78. The van der Waals surface area contributed by atoms with Crippen LogP contribution in [0.3, 0.4) is 0 Å². The van der Waals surface area contributed by atoms with Crippen molar-refractivity contribution in [2.75, 3.05) is 43.9 Å². The number of piperazine rings is 1. The van der Waals surface area contributed by atoms with Gasteiger partial charge in [0.15, 0.2) is 0 Å². The van der Waals surface area contributed by atoms with Crippen molar-refractivity contribution in [1.82, 2.24) is 4.90 Å². The molecule has 26 heavy (non-hydrogen) atoms. The van der Waals surface area contributed by atoms with Crippen molar-refractivity contribution >= 4 is 17.3 Å². The lowest BCUT2D eigenvalue weighted by Crippen LogP contribution is -2.49. The van der Waals surface area contributed by atoms with Crippen molar-refractivity contribution in [3.63, 3.8) is 0 Å². The number of halogens is 1. The van der Waals surface area contributed by atoms with E-state index in [9.17, 15) is 9.18 Å². The molecule has 138 valence electrons. The molecule has 0 spiro atoms. The normalized spacial score (nSPS) is 14.4. The quantitative estimate of drug-likeness (QED) is 0.836. The Morgan fingerprint density at radius 3 is 2.58 bits per heavy atom. The third-order valence-corrected chi connectivity index (χ3v) is 4.78. The molecule has 0 saturated carbocycles. The van der Waals surface area contributed by atoms with Crippen LogP contribution in [-0.4, -0.2) is 44.1 Å². The number of aryl methyl sites for hydroxylation is 1. The monoisotopic (exact) mass is 357 g/mol. The highest BCUT2D eigenvalue weighted by Gasteiger charge is 2.23. The highest BCUT2D eigenvalue weighted by atomic mass is 19.1. The molecule has 5 nitrogen and oxygen atoms in total. The van der Waals surface area contributed by atoms with Gasteiger partial charge in [-0.15, -0.1) is 0 Å². The van der Waals surface area contributed by atoms with Gasteiger partial charge in [-0.05, 0) is 30.2 Å². The van der Waals surface area contributed by atoms with Gasteiger partial charge in [0.05, 0.1) is 12.8 Å². The molecule has 0 aliphatic carbocycles. The Kier molecular flexibility index (Phi) is 5.61. The lowest BCUT2D eigenvalue weighted by molar-refractivity contribution is -0.131. The summed E-state index contributed by atoms with van der Waals surface area (Å²) in [5, 5.41) is 0. The Morgan fingerprint density at radius 2 is 1.88 bits per heavy atom. The molecular formula is C20H24FN3O2. The number of anilines is 2. The van der Waals surface area contributed by atoms with Gasteiger partial charge in [0.1, 0.15) is 11.6 Å². The summed E-state index contributed by atoms with van der Waals surface area (Å²) in [5.41, 5.74) is 8.53. The number of benzene rings is 2. The van der Waals surface area contributed by atoms with Crippen LogP contribution in [0.1, 0.15) is 12.0 Å². The molecule has 1 fully saturated rings. The van der Waals surface area contributed by atoms with Gasteiger partial charge in [0, 0.05) is 44.4 Å². The van der Waals surface area contributed by atoms with Crippen LogP contribution in [0.5, 0.6) is 5.75 Å². The van der Waals surface area contributed by atoms with Crippen LogP contribution >= 0.6 is 0 Å². The minimum Gasteiger partial charge on any atom is -0.494 e. The van der Waals surface area contributed by atoms with Crippen molar-refractivity contribution in [2.45, 2.75) is 12.8 Å². The zero-order valence-corrected chi connectivity index (χ0v) is 15.0. The minimum atomic E-state index is -0.320. The van der Waals surface area contributed by atoms with E-state index in [0.29, 0.717) is 44.8 Å². The second-order valence-electron chi connectivity index (χ2n) is 6.38. The zero-order chi connectivity index (χ0) is 18.5. The number of nitrogens with two attached hydrogens (primary N) is 1. The number of hydrogen-bond acceptors (Lipinski definition) is 4. The second-order valence-corrected chi connectivity index (χ2v) is 6.38. The summed E-state index contributed by atoms with van der Waals surface area (Å²) >= 11 is 0. The van der Waals surface area contributed by atoms with Gasteiger partial charge in [0.2, 0.25) is 5.91 Å². The van der Waals surface area contributed by atoms with E-state index < -0.39 is 0 Å². The molecule has 1 aliphatic heterocycles. The molecule has 1 aliphatic rings. The molecule has 0 radical (unpaired) electrons. The van der Waals surface area contributed by atoms with Crippen LogP contribution in [-0.2, 0) is 11.2 Å². The van der Waals surface area contributed by atoms with Crippen LogP contribution in [0.2, 0.25) is 0 Å². The summed E-state index contributed by atoms with van der Waals surface area (Å²) in [6.45, 7) is 2.68. The van der Waals surface area contributed by atoms with E-state index in [2.05, 4.69) is 4.90 Å². The van der Waals surface area contributed by atoms with Gasteiger partial charge in [0.25, 0.3) is 0 Å². The number of para-hydroxylation sites is 1. The average Bonchev–Trinajstić information content (AvgIpc) is 2.67. The van der Waals surface area contributed by atoms with Gasteiger partial charge < -0.3 is 20.3 Å². The number of rotatable bonds is 5. The summed E-state index contributed by atoms with van der Waals surface area (Å²) < 4.78 is 18.6. The van der Waals surface area contributed by atoms with Crippen molar-refractivity contribution in [2.24, 2.45) is 0 Å². The van der Waals surface area contributed by atoms with Gasteiger partial charge in [-0.2, -0.15) is 0 Å². The molecule has 1 amide bonds. The van der Waals surface area contributed by atoms with Crippen molar-refractivity contribution in [3.05, 3.63) is 53.8 Å². The summed E-state index contributed by atoms with van der Waals surface area (Å²) in [4.78, 5) is 16.5. The molecule has 2 N–H and O–H groups in total. The molecule has 0 unspecified atom stereocenters. The maximum absolute atomic E-state index is 13.4. The Hall–Kier alpha value is -2.76. The van der Waals surface area contributed by atoms with E-state index in [0.717, 1.165) is 16.9 Å². The molecule has 6 heteroatoms. The lowest BCUT2D eigenvalue weighted by Gasteiger charge is -2.36. The smallest absolute Gasteiger partial charge is 0.223 e. The van der Waals surface area contributed by atoms with Gasteiger partial charge in [-0.1, -0.05) is 18.2 Å². The van der Waals surface area contributed by atoms with Crippen molar-refractivity contribution in [1.29, 1.82) is 0 Å². The number of nitrogens with zero attached hydrogens (tertiary/aromatic N) is 2. The fourth-order valence-electron chi connectivity index (χ4n) is 3.27. The lowest BCUT2D eigenvalue weighted by atomic mass is 10.1. The van der Waals surface area contributed by atoms with E-state index in [-0.39, 0.29) is 11.7 Å². The van der Waals surface area contributed by atoms with E-state index in [4.69, 9.17) is 10.5 Å². The summed E-state index contributed by atoms with van der Waals surface area (Å²) in [6, 6.07) is 12.2. The Morgan fingerprint density at radius 1 is 1.15 bits per heavy atom. The van der Waals surface area contributed by atoms with Crippen LogP contribution < -0.4 is 15.4 Å². The third kappa shape index (κ3) is 4.07. The van der Waals surface area contributed by atoms with Crippen LogP contribution in [0.4, 0.5) is 15.8 Å². The predicted octanol–water partition coefficient (Wildman–Crippen LogP) is 2.70. The van der Waals surface area contributed by atoms with Crippen molar-refractivity contribution < 1.29 is 13.9 Å². The van der Waals surface area contributed by atoms with Crippen LogP contribution in [0.25, 0.3) is 0 Å². The largest absolute Gasteiger partial charge is 0.494 e. The number of carbonyl (C=O) groups is 1. The highest BCUT2D eigenvalue weighted by molar-refractivity contribution is 5.77. The van der Waals surface area contributed by atoms with Crippen LogP contribution in [0, 0.1) is 5.82 Å². The maximum atomic E-state index is 13.4. The fourth-order valence-corrected chi connectivity index (χ4v) is 3.27. The first-order chi connectivity index (χ1) is 12.6. The first-order valence-corrected chi connectivity index (χ1v) is 8.78. The zero-order valence-electron chi connectivity index (χ0n) is 15.0. The average molecular weight is 357 g/mol. The number of nitrogen functional groups attached to an aromatic ring is 1. The van der Waals surface area contributed by atoms with E-state index >= 15 is 0 Å². The number of methoxy groups -OCH3 is 1. The molecular weight excluding hydrogens is 333 g/mol. The SMILES string of the molecule is COc1cc(F)ccc1N1CCN(C(=O)CCc2ccccc2N)CC1. The Bertz CT molecular complexity index is 773. The minimum absolute atomic E-state index is 0.138.